The molecule has 1 aliphatic rings. The van der Waals surface area contributed by atoms with Crippen LogP contribution >= 0.6 is 0 Å². The first kappa shape index (κ1) is 14.0. The molecule has 0 amide bonds. The second-order valence-corrected chi connectivity index (χ2v) is 6.14. The fraction of sp³-hybridized carbons (Fsp3) is 1.00. The van der Waals surface area contributed by atoms with Gasteiger partial charge >= 0.3 is 0 Å². The van der Waals surface area contributed by atoms with Crippen LogP contribution in [0.5, 0.6) is 0 Å². The van der Waals surface area contributed by atoms with Gasteiger partial charge in [0.2, 0.25) is 0 Å². The number of hydrogen-bond acceptors (Lipinski definition) is 2. The van der Waals surface area contributed by atoms with Gasteiger partial charge in [-0.05, 0) is 49.4 Å². The van der Waals surface area contributed by atoms with E-state index in [-0.39, 0.29) is 0 Å². The highest BCUT2D eigenvalue weighted by Crippen LogP contribution is 2.36. The van der Waals surface area contributed by atoms with Crippen molar-refractivity contribution < 1.29 is 0 Å². The van der Waals surface area contributed by atoms with Crippen molar-refractivity contribution in [2.45, 2.75) is 65.8 Å². The standard InChI is InChI=1S/C14H30N2/c1-5-6-12(4)14(16-15)13-8-10(2)7-11(3)9-13/h10-14,16H,5-9,15H2,1-4H3. The molecule has 1 saturated carbocycles. The van der Waals surface area contributed by atoms with Crippen LogP contribution in [-0.2, 0) is 0 Å². The van der Waals surface area contributed by atoms with Crippen LogP contribution in [0.25, 0.3) is 0 Å². The van der Waals surface area contributed by atoms with E-state index in [9.17, 15) is 0 Å². The van der Waals surface area contributed by atoms with Crippen LogP contribution < -0.4 is 11.3 Å². The van der Waals surface area contributed by atoms with Crippen LogP contribution in [-0.4, -0.2) is 6.04 Å². The summed E-state index contributed by atoms with van der Waals surface area (Å²) in [6, 6.07) is 0.519. The lowest BCUT2D eigenvalue weighted by Gasteiger charge is -2.38. The molecule has 0 heterocycles. The predicted octanol–water partition coefficient (Wildman–Crippen LogP) is 3.33. The Hall–Kier alpha value is -0.0800. The van der Waals surface area contributed by atoms with E-state index in [0.717, 1.165) is 17.8 Å². The third-order valence-electron chi connectivity index (χ3n) is 4.27. The van der Waals surface area contributed by atoms with Crippen LogP contribution in [0, 0.1) is 23.7 Å². The van der Waals surface area contributed by atoms with Gasteiger partial charge in [0.25, 0.3) is 0 Å². The van der Waals surface area contributed by atoms with Gasteiger partial charge in [-0.2, -0.15) is 0 Å². The highest BCUT2D eigenvalue weighted by atomic mass is 15.2. The lowest BCUT2D eigenvalue weighted by Crippen LogP contribution is -2.47. The highest BCUT2D eigenvalue weighted by molar-refractivity contribution is 4.85. The van der Waals surface area contributed by atoms with Crippen LogP contribution in [0.4, 0.5) is 0 Å². The molecule has 1 rings (SSSR count). The van der Waals surface area contributed by atoms with E-state index < -0.39 is 0 Å². The minimum absolute atomic E-state index is 0.519. The molecule has 2 nitrogen and oxygen atoms in total. The first-order valence-corrected chi connectivity index (χ1v) is 7.04. The average molecular weight is 226 g/mol. The van der Waals surface area contributed by atoms with Crippen molar-refractivity contribution in [1.82, 2.24) is 5.43 Å². The second-order valence-electron chi connectivity index (χ2n) is 6.14. The van der Waals surface area contributed by atoms with Gasteiger partial charge in [-0.25, -0.2) is 0 Å². The lowest BCUT2D eigenvalue weighted by molar-refractivity contribution is 0.144. The topological polar surface area (TPSA) is 38.0 Å². The van der Waals surface area contributed by atoms with E-state index in [1.807, 2.05) is 0 Å². The normalized spacial score (nSPS) is 34.7. The highest BCUT2D eigenvalue weighted by Gasteiger charge is 2.31. The monoisotopic (exact) mass is 226 g/mol. The Bertz CT molecular complexity index is 183. The molecule has 1 aliphatic carbocycles. The zero-order valence-corrected chi connectivity index (χ0v) is 11.5. The number of nitrogens with one attached hydrogen (secondary N) is 1. The van der Waals surface area contributed by atoms with Gasteiger partial charge < -0.3 is 0 Å². The molecule has 96 valence electrons. The van der Waals surface area contributed by atoms with Gasteiger partial charge in [0, 0.05) is 6.04 Å². The van der Waals surface area contributed by atoms with Crippen molar-refractivity contribution in [3.63, 3.8) is 0 Å². The molecule has 1 fully saturated rings. The van der Waals surface area contributed by atoms with Gasteiger partial charge in [-0.1, -0.05) is 34.1 Å². The van der Waals surface area contributed by atoms with E-state index >= 15 is 0 Å². The number of nitrogens with two attached hydrogens (primary N) is 1. The first-order chi connectivity index (χ1) is 7.58. The average Bonchev–Trinajstić information content (AvgIpc) is 2.17. The van der Waals surface area contributed by atoms with Crippen molar-refractivity contribution in [3.8, 4) is 0 Å². The molecule has 0 bridgehead atoms. The molecule has 0 spiro atoms. The molecular weight excluding hydrogens is 196 g/mol. The van der Waals surface area contributed by atoms with Crippen LogP contribution in [0.2, 0.25) is 0 Å². The summed E-state index contributed by atoms with van der Waals surface area (Å²) in [6.45, 7) is 9.38. The van der Waals surface area contributed by atoms with E-state index in [1.54, 1.807) is 0 Å². The zero-order chi connectivity index (χ0) is 12.1. The Balaban J connectivity index is 2.57. The minimum Gasteiger partial charge on any atom is -0.271 e. The number of hydrogen-bond donors (Lipinski definition) is 2. The number of hydrazine groups is 1. The Labute approximate surface area is 101 Å². The SMILES string of the molecule is CCCC(C)C(NN)C1CC(C)CC(C)C1. The third-order valence-corrected chi connectivity index (χ3v) is 4.27. The van der Waals surface area contributed by atoms with Crippen LogP contribution in [0.3, 0.4) is 0 Å². The van der Waals surface area contributed by atoms with Gasteiger partial charge in [0.15, 0.2) is 0 Å². The van der Waals surface area contributed by atoms with Crippen LogP contribution in [0.15, 0.2) is 0 Å². The third kappa shape index (κ3) is 3.74. The molecule has 0 aromatic carbocycles. The predicted molar refractivity (Wildman–Crippen MR) is 70.9 cm³/mol. The Morgan fingerprint density at radius 3 is 2.19 bits per heavy atom. The van der Waals surface area contributed by atoms with E-state index in [2.05, 4.69) is 33.1 Å². The summed E-state index contributed by atoms with van der Waals surface area (Å²) >= 11 is 0. The van der Waals surface area contributed by atoms with Gasteiger partial charge in [0.05, 0.1) is 0 Å². The molecule has 3 N–H and O–H groups in total. The summed E-state index contributed by atoms with van der Waals surface area (Å²) in [5.41, 5.74) is 3.10. The first-order valence-electron chi connectivity index (χ1n) is 7.04. The summed E-state index contributed by atoms with van der Waals surface area (Å²) in [5.74, 6) is 9.01. The van der Waals surface area contributed by atoms with E-state index in [4.69, 9.17) is 5.84 Å². The molecule has 4 atom stereocenters. The maximum atomic E-state index is 5.78. The summed E-state index contributed by atoms with van der Waals surface area (Å²) in [6.07, 6.45) is 6.65. The molecular formula is C14H30N2. The molecule has 0 saturated heterocycles. The largest absolute Gasteiger partial charge is 0.271 e. The maximum absolute atomic E-state index is 5.78. The van der Waals surface area contributed by atoms with E-state index in [1.165, 1.54) is 32.1 Å². The molecule has 16 heavy (non-hydrogen) atoms. The van der Waals surface area contributed by atoms with Crippen molar-refractivity contribution in [3.05, 3.63) is 0 Å². The minimum atomic E-state index is 0.519. The van der Waals surface area contributed by atoms with Crippen molar-refractivity contribution >= 4 is 0 Å². The van der Waals surface area contributed by atoms with Crippen LogP contribution in [0.1, 0.15) is 59.8 Å². The molecule has 2 heteroatoms. The fourth-order valence-electron chi connectivity index (χ4n) is 3.70. The molecule has 0 radical (unpaired) electrons. The van der Waals surface area contributed by atoms with Gasteiger partial charge in [-0.15, -0.1) is 0 Å². The Kier molecular flexibility index (Phi) is 5.77. The summed E-state index contributed by atoms with van der Waals surface area (Å²) < 4.78 is 0. The Morgan fingerprint density at radius 1 is 1.19 bits per heavy atom. The van der Waals surface area contributed by atoms with Crippen molar-refractivity contribution in [2.75, 3.05) is 0 Å². The van der Waals surface area contributed by atoms with E-state index in [0.29, 0.717) is 12.0 Å². The van der Waals surface area contributed by atoms with Crippen molar-refractivity contribution in [1.29, 1.82) is 0 Å². The number of rotatable bonds is 5. The van der Waals surface area contributed by atoms with Gasteiger partial charge in [-0.3, -0.25) is 11.3 Å². The molecule has 0 aromatic heterocycles. The summed E-state index contributed by atoms with van der Waals surface area (Å²) in [7, 11) is 0. The Morgan fingerprint density at radius 2 is 1.75 bits per heavy atom. The second kappa shape index (κ2) is 6.61. The zero-order valence-electron chi connectivity index (χ0n) is 11.5. The molecule has 4 unspecified atom stereocenters. The molecule has 0 aliphatic heterocycles. The lowest BCUT2D eigenvalue weighted by atomic mass is 9.71. The summed E-state index contributed by atoms with van der Waals surface area (Å²) in [5, 5.41) is 0. The van der Waals surface area contributed by atoms with Crippen molar-refractivity contribution in [2.24, 2.45) is 29.5 Å². The van der Waals surface area contributed by atoms with Gasteiger partial charge in [0.1, 0.15) is 0 Å². The smallest absolute Gasteiger partial charge is 0.0264 e. The molecule has 0 aromatic rings. The maximum Gasteiger partial charge on any atom is 0.0264 e. The summed E-state index contributed by atoms with van der Waals surface area (Å²) in [4.78, 5) is 0. The fourth-order valence-corrected chi connectivity index (χ4v) is 3.70. The quantitative estimate of drug-likeness (QED) is 0.557.